The standard InChI is InChI=1S/C13H21NO2S/c1-3-4-12(9-10-14)17(15,16)13-7-5-11(2)6-8-13/h5-8,12H,3-4,9-10,14H2,1-2H3. The molecule has 0 aliphatic rings. The minimum absolute atomic E-state index is 0.347. The molecular formula is C13H21NO2S. The molecule has 0 saturated carbocycles. The summed E-state index contributed by atoms with van der Waals surface area (Å²) >= 11 is 0. The van der Waals surface area contributed by atoms with Crippen LogP contribution in [0.2, 0.25) is 0 Å². The maximum Gasteiger partial charge on any atom is 0.181 e. The van der Waals surface area contributed by atoms with Crippen LogP contribution in [-0.2, 0) is 9.84 Å². The van der Waals surface area contributed by atoms with E-state index >= 15 is 0 Å². The Kier molecular flexibility index (Phi) is 5.15. The van der Waals surface area contributed by atoms with Crippen LogP contribution < -0.4 is 5.73 Å². The number of aryl methyl sites for hydroxylation is 1. The largest absolute Gasteiger partial charge is 0.330 e. The van der Waals surface area contributed by atoms with Gasteiger partial charge in [0, 0.05) is 0 Å². The Labute approximate surface area is 104 Å². The van der Waals surface area contributed by atoms with Crippen molar-refractivity contribution in [3.8, 4) is 0 Å². The summed E-state index contributed by atoms with van der Waals surface area (Å²) in [6.45, 7) is 4.35. The highest BCUT2D eigenvalue weighted by molar-refractivity contribution is 7.92. The minimum atomic E-state index is -3.22. The fraction of sp³-hybridized carbons (Fsp3) is 0.538. The van der Waals surface area contributed by atoms with E-state index in [2.05, 4.69) is 0 Å². The summed E-state index contributed by atoms with van der Waals surface area (Å²) in [7, 11) is -3.22. The Morgan fingerprint density at radius 1 is 1.18 bits per heavy atom. The first kappa shape index (κ1) is 14.2. The molecule has 1 rings (SSSR count). The third-order valence-corrected chi connectivity index (χ3v) is 5.17. The Morgan fingerprint density at radius 2 is 1.76 bits per heavy atom. The second kappa shape index (κ2) is 6.17. The maximum atomic E-state index is 12.4. The molecule has 2 N–H and O–H groups in total. The van der Waals surface area contributed by atoms with Crippen molar-refractivity contribution < 1.29 is 8.42 Å². The second-order valence-electron chi connectivity index (χ2n) is 4.35. The number of benzene rings is 1. The van der Waals surface area contributed by atoms with Crippen molar-refractivity contribution in [3.63, 3.8) is 0 Å². The average Bonchev–Trinajstić information content (AvgIpc) is 2.29. The predicted octanol–water partition coefficient (Wildman–Crippen LogP) is 2.29. The molecule has 96 valence electrons. The lowest BCUT2D eigenvalue weighted by Crippen LogP contribution is -2.24. The van der Waals surface area contributed by atoms with Gasteiger partial charge in [0.25, 0.3) is 0 Å². The van der Waals surface area contributed by atoms with Crippen LogP contribution in [0.25, 0.3) is 0 Å². The third-order valence-electron chi connectivity index (χ3n) is 2.89. The van der Waals surface area contributed by atoms with Gasteiger partial charge in [0.2, 0.25) is 0 Å². The molecule has 0 aromatic heterocycles. The van der Waals surface area contributed by atoms with Crippen molar-refractivity contribution in [1.29, 1.82) is 0 Å². The molecule has 0 aliphatic heterocycles. The van der Waals surface area contributed by atoms with Gasteiger partial charge >= 0.3 is 0 Å². The Morgan fingerprint density at radius 3 is 2.24 bits per heavy atom. The average molecular weight is 255 g/mol. The van der Waals surface area contributed by atoms with E-state index < -0.39 is 9.84 Å². The Balaban J connectivity index is 3.02. The van der Waals surface area contributed by atoms with Gasteiger partial charge in [0.05, 0.1) is 10.1 Å². The van der Waals surface area contributed by atoms with Crippen LogP contribution in [0.15, 0.2) is 29.2 Å². The smallest absolute Gasteiger partial charge is 0.181 e. The van der Waals surface area contributed by atoms with Gasteiger partial charge in [-0.1, -0.05) is 31.0 Å². The maximum absolute atomic E-state index is 12.4. The number of hydrogen-bond donors (Lipinski definition) is 1. The fourth-order valence-corrected chi connectivity index (χ4v) is 3.78. The molecule has 1 atom stereocenters. The number of nitrogens with two attached hydrogens (primary N) is 1. The highest BCUT2D eigenvalue weighted by atomic mass is 32.2. The molecule has 0 radical (unpaired) electrons. The molecule has 0 fully saturated rings. The van der Waals surface area contributed by atoms with Gasteiger partial charge in [-0.15, -0.1) is 0 Å². The lowest BCUT2D eigenvalue weighted by molar-refractivity contribution is 0.559. The van der Waals surface area contributed by atoms with E-state index in [0.717, 1.165) is 12.0 Å². The van der Waals surface area contributed by atoms with Crippen LogP contribution in [0.5, 0.6) is 0 Å². The van der Waals surface area contributed by atoms with Crippen LogP contribution in [0.4, 0.5) is 0 Å². The van der Waals surface area contributed by atoms with E-state index in [1.807, 2.05) is 26.0 Å². The predicted molar refractivity (Wildman–Crippen MR) is 70.7 cm³/mol. The molecule has 1 unspecified atom stereocenters. The quantitative estimate of drug-likeness (QED) is 0.848. The first-order valence-corrected chi connectivity index (χ1v) is 7.57. The van der Waals surface area contributed by atoms with Crippen LogP contribution in [0.1, 0.15) is 31.7 Å². The van der Waals surface area contributed by atoms with Crippen molar-refractivity contribution >= 4 is 9.84 Å². The molecule has 3 nitrogen and oxygen atoms in total. The van der Waals surface area contributed by atoms with Gasteiger partial charge in [-0.05, 0) is 38.4 Å². The number of rotatable bonds is 6. The van der Waals surface area contributed by atoms with E-state index in [9.17, 15) is 8.42 Å². The van der Waals surface area contributed by atoms with Crippen LogP contribution in [0, 0.1) is 6.92 Å². The Hall–Kier alpha value is -0.870. The van der Waals surface area contributed by atoms with Crippen LogP contribution in [0.3, 0.4) is 0 Å². The normalized spacial score (nSPS) is 13.6. The summed E-state index contributed by atoms with van der Waals surface area (Å²) in [6, 6.07) is 7.03. The monoisotopic (exact) mass is 255 g/mol. The molecule has 0 heterocycles. The lowest BCUT2D eigenvalue weighted by Gasteiger charge is -2.16. The third kappa shape index (κ3) is 3.54. The summed E-state index contributed by atoms with van der Waals surface area (Å²) in [5.41, 5.74) is 6.56. The topological polar surface area (TPSA) is 60.2 Å². The SMILES string of the molecule is CCCC(CCN)S(=O)(=O)c1ccc(C)cc1. The molecule has 1 aromatic rings. The van der Waals surface area contributed by atoms with Gasteiger partial charge in [0.1, 0.15) is 0 Å². The van der Waals surface area contributed by atoms with Gasteiger partial charge < -0.3 is 5.73 Å². The summed E-state index contributed by atoms with van der Waals surface area (Å²) in [6.07, 6.45) is 2.06. The summed E-state index contributed by atoms with van der Waals surface area (Å²) in [5.74, 6) is 0. The van der Waals surface area contributed by atoms with Crippen molar-refractivity contribution in [2.24, 2.45) is 5.73 Å². The zero-order valence-corrected chi connectivity index (χ0v) is 11.3. The number of hydrogen-bond acceptors (Lipinski definition) is 3. The van der Waals surface area contributed by atoms with E-state index in [-0.39, 0.29) is 5.25 Å². The van der Waals surface area contributed by atoms with E-state index in [1.165, 1.54) is 0 Å². The molecular weight excluding hydrogens is 234 g/mol. The van der Waals surface area contributed by atoms with Crippen molar-refractivity contribution in [2.45, 2.75) is 43.3 Å². The van der Waals surface area contributed by atoms with E-state index in [1.54, 1.807) is 12.1 Å². The summed E-state index contributed by atoms with van der Waals surface area (Å²) in [4.78, 5) is 0.412. The molecule has 4 heteroatoms. The number of sulfone groups is 1. The minimum Gasteiger partial charge on any atom is -0.330 e. The summed E-state index contributed by atoms with van der Waals surface area (Å²) < 4.78 is 24.7. The van der Waals surface area contributed by atoms with Crippen molar-refractivity contribution in [1.82, 2.24) is 0 Å². The molecule has 1 aromatic carbocycles. The first-order chi connectivity index (χ1) is 8.02. The second-order valence-corrected chi connectivity index (χ2v) is 6.57. The molecule has 17 heavy (non-hydrogen) atoms. The highest BCUT2D eigenvalue weighted by Crippen LogP contribution is 2.22. The van der Waals surface area contributed by atoms with Crippen molar-refractivity contribution in [3.05, 3.63) is 29.8 Å². The highest BCUT2D eigenvalue weighted by Gasteiger charge is 2.25. The Bertz CT molecular complexity index is 431. The fourth-order valence-electron chi connectivity index (χ4n) is 1.88. The van der Waals surface area contributed by atoms with Crippen molar-refractivity contribution in [2.75, 3.05) is 6.54 Å². The zero-order valence-electron chi connectivity index (χ0n) is 10.5. The molecule has 0 aliphatic carbocycles. The van der Waals surface area contributed by atoms with Gasteiger partial charge in [0.15, 0.2) is 9.84 Å². The molecule has 0 amide bonds. The van der Waals surface area contributed by atoms with Gasteiger partial charge in [-0.3, -0.25) is 0 Å². The van der Waals surface area contributed by atoms with Crippen LogP contribution >= 0.6 is 0 Å². The van der Waals surface area contributed by atoms with Gasteiger partial charge in [-0.2, -0.15) is 0 Å². The van der Waals surface area contributed by atoms with Gasteiger partial charge in [-0.25, -0.2) is 8.42 Å². The molecule has 0 bridgehead atoms. The van der Waals surface area contributed by atoms with E-state index in [0.29, 0.717) is 24.3 Å². The summed E-state index contributed by atoms with van der Waals surface area (Å²) in [5, 5.41) is -0.347. The molecule has 0 saturated heterocycles. The van der Waals surface area contributed by atoms with Crippen LogP contribution in [-0.4, -0.2) is 20.2 Å². The lowest BCUT2D eigenvalue weighted by atomic mass is 10.2. The molecule has 0 spiro atoms. The van der Waals surface area contributed by atoms with E-state index in [4.69, 9.17) is 5.73 Å². The first-order valence-electron chi connectivity index (χ1n) is 6.03. The zero-order chi connectivity index (χ0) is 12.9.